The second-order valence-corrected chi connectivity index (χ2v) is 3.93. The zero-order valence-electron chi connectivity index (χ0n) is 9.91. The monoisotopic (exact) mass is 240 g/mol. The summed E-state index contributed by atoms with van der Waals surface area (Å²) in [5.74, 6) is 1.27. The molecule has 0 aliphatic carbocycles. The van der Waals surface area contributed by atoms with Crippen molar-refractivity contribution < 1.29 is 0 Å². The van der Waals surface area contributed by atoms with Crippen LogP contribution in [0.15, 0.2) is 30.6 Å². The van der Waals surface area contributed by atoms with Crippen LogP contribution < -0.4 is 5.73 Å². The smallest absolute Gasteiger partial charge is 0.177 e. The molecular weight excluding hydrogens is 228 g/mol. The van der Waals surface area contributed by atoms with E-state index in [-0.39, 0.29) is 0 Å². The zero-order chi connectivity index (χ0) is 12.5. The molecule has 6 nitrogen and oxygen atoms in total. The van der Waals surface area contributed by atoms with Crippen LogP contribution in [0.5, 0.6) is 0 Å². The minimum Gasteiger partial charge on any atom is -0.324 e. The lowest BCUT2D eigenvalue weighted by molar-refractivity contribution is 0.800. The van der Waals surface area contributed by atoms with Gasteiger partial charge in [0.1, 0.15) is 6.33 Å². The molecule has 0 amide bonds. The number of rotatable bonds is 2. The lowest BCUT2D eigenvalue weighted by Crippen LogP contribution is -2.05. The molecule has 0 aliphatic rings. The van der Waals surface area contributed by atoms with Crippen LogP contribution in [0.2, 0.25) is 0 Å². The number of nitrogens with two attached hydrogens (primary N) is 1. The first-order valence-corrected chi connectivity index (χ1v) is 5.62. The molecule has 2 aromatic heterocycles. The van der Waals surface area contributed by atoms with Crippen molar-refractivity contribution in [2.75, 3.05) is 0 Å². The SMILES string of the molecule is Cc1nc2ccccc2nc1-n1cnc(CN)n1. The summed E-state index contributed by atoms with van der Waals surface area (Å²) in [5, 5.41) is 4.24. The second kappa shape index (κ2) is 4.15. The molecule has 0 bridgehead atoms. The molecule has 0 spiro atoms. The zero-order valence-corrected chi connectivity index (χ0v) is 9.91. The Bertz CT molecular complexity index is 703. The van der Waals surface area contributed by atoms with E-state index >= 15 is 0 Å². The van der Waals surface area contributed by atoms with E-state index in [0.29, 0.717) is 18.2 Å². The molecule has 0 aliphatic heterocycles. The number of aromatic nitrogens is 5. The Hall–Kier alpha value is -2.34. The molecule has 0 fully saturated rings. The average Bonchev–Trinajstić information content (AvgIpc) is 2.86. The molecule has 3 rings (SSSR count). The van der Waals surface area contributed by atoms with Gasteiger partial charge in [0.15, 0.2) is 11.6 Å². The Balaban J connectivity index is 2.19. The van der Waals surface area contributed by atoms with E-state index in [1.807, 2.05) is 31.2 Å². The van der Waals surface area contributed by atoms with E-state index in [9.17, 15) is 0 Å². The van der Waals surface area contributed by atoms with E-state index in [0.717, 1.165) is 16.7 Å². The highest BCUT2D eigenvalue weighted by Gasteiger charge is 2.08. The lowest BCUT2D eigenvalue weighted by Gasteiger charge is -2.05. The summed E-state index contributed by atoms with van der Waals surface area (Å²) < 4.78 is 1.61. The van der Waals surface area contributed by atoms with E-state index in [1.165, 1.54) is 0 Å². The minimum atomic E-state index is 0.313. The van der Waals surface area contributed by atoms with Gasteiger partial charge in [-0.25, -0.2) is 19.6 Å². The molecule has 2 heterocycles. The summed E-state index contributed by atoms with van der Waals surface area (Å²) in [6, 6.07) is 7.73. The van der Waals surface area contributed by atoms with Gasteiger partial charge in [-0.3, -0.25) is 0 Å². The molecule has 0 unspecified atom stereocenters. The van der Waals surface area contributed by atoms with E-state index in [2.05, 4.69) is 20.1 Å². The van der Waals surface area contributed by atoms with Gasteiger partial charge in [0.25, 0.3) is 0 Å². The van der Waals surface area contributed by atoms with Crippen LogP contribution in [0.1, 0.15) is 11.5 Å². The van der Waals surface area contributed by atoms with Crippen molar-refractivity contribution in [2.24, 2.45) is 5.73 Å². The third kappa shape index (κ3) is 1.72. The highest BCUT2D eigenvalue weighted by molar-refractivity contribution is 5.75. The van der Waals surface area contributed by atoms with Crippen molar-refractivity contribution in [2.45, 2.75) is 13.5 Å². The van der Waals surface area contributed by atoms with Gasteiger partial charge in [0.05, 0.1) is 23.3 Å². The Morgan fingerprint density at radius 3 is 2.56 bits per heavy atom. The maximum Gasteiger partial charge on any atom is 0.177 e. The highest BCUT2D eigenvalue weighted by atomic mass is 15.4. The predicted octanol–water partition coefficient (Wildman–Crippen LogP) is 0.978. The lowest BCUT2D eigenvalue weighted by atomic mass is 10.3. The van der Waals surface area contributed by atoms with Gasteiger partial charge in [-0.15, -0.1) is 5.10 Å². The summed E-state index contributed by atoms with van der Waals surface area (Å²) in [6.45, 7) is 2.21. The number of hydrogen-bond donors (Lipinski definition) is 1. The van der Waals surface area contributed by atoms with E-state index in [4.69, 9.17) is 5.73 Å². The third-order valence-electron chi connectivity index (χ3n) is 2.66. The first-order valence-electron chi connectivity index (χ1n) is 5.62. The molecule has 1 aromatic carbocycles. The fourth-order valence-corrected chi connectivity index (χ4v) is 1.79. The molecule has 90 valence electrons. The van der Waals surface area contributed by atoms with Crippen molar-refractivity contribution in [3.63, 3.8) is 0 Å². The minimum absolute atomic E-state index is 0.313. The van der Waals surface area contributed by atoms with E-state index in [1.54, 1.807) is 11.0 Å². The van der Waals surface area contributed by atoms with Gasteiger partial charge in [-0.2, -0.15) is 0 Å². The Morgan fingerprint density at radius 2 is 1.89 bits per heavy atom. The maximum atomic E-state index is 5.50. The number of hydrogen-bond acceptors (Lipinski definition) is 5. The highest BCUT2D eigenvalue weighted by Crippen LogP contribution is 2.14. The van der Waals surface area contributed by atoms with Gasteiger partial charge in [0, 0.05) is 0 Å². The second-order valence-electron chi connectivity index (χ2n) is 3.93. The first kappa shape index (κ1) is 10.8. The largest absolute Gasteiger partial charge is 0.324 e. The van der Waals surface area contributed by atoms with Crippen LogP contribution >= 0.6 is 0 Å². The predicted molar refractivity (Wildman–Crippen MR) is 67.1 cm³/mol. The number of fused-ring (bicyclic) bond motifs is 1. The molecule has 0 saturated heterocycles. The van der Waals surface area contributed by atoms with Crippen LogP contribution in [-0.2, 0) is 6.54 Å². The van der Waals surface area contributed by atoms with Crippen LogP contribution in [0.3, 0.4) is 0 Å². The van der Waals surface area contributed by atoms with Crippen molar-refractivity contribution in [3.8, 4) is 5.82 Å². The molecular formula is C12H12N6. The molecule has 3 aromatic rings. The van der Waals surface area contributed by atoms with E-state index < -0.39 is 0 Å². The fourth-order valence-electron chi connectivity index (χ4n) is 1.79. The Kier molecular flexibility index (Phi) is 2.49. The Morgan fingerprint density at radius 1 is 1.17 bits per heavy atom. The summed E-state index contributed by atoms with van der Waals surface area (Å²) in [6.07, 6.45) is 1.61. The molecule has 0 radical (unpaired) electrons. The third-order valence-corrected chi connectivity index (χ3v) is 2.66. The van der Waals surface area contributed by atoms with Gasteiger partial charge in [-0.1, -0.05) is 12.1 Å². The quantitative estimate of drug-likeness (QED) is 0.722. The molecule has 2 N–H and O–H groups in total. The summed E-state index contributed by atoms with van der Waals surface area (Å²) >= 11 is 0. The van der Waals surface area contributed by atoms with Gasteiger partial charge >= 0.3 is 0 Å². The van der Waals surface area contributed by atoms with Crippen LogP contribution in [0.25, 0.3) is 16.9 Å². The summed E-state index contributed by atoms with van der Waals surface area (Å²) in [5.41, 5.74) is 8.01. The molecule has 0 saturated carbocycles. The molecule has 18 heavy (non-hydrogen) atoms. The maximum absolute atomic E-state index is 5.50. The Labute approximate surface area is 104 Å². The number of nitrogens with zero attached hydrogens (tertiary/aromatic N) is 5. The topological polar surface area (TPSA) is 82.5 Å². The standard InChI is InChI=1S/C12H12N6/c1-8-12(18-7-14-11(6-13)17-18)16-10-5-3-2-4-9(10)15-8/h2-5,7H,6,13H2,1H3. The molecule has 0 atom stereocenters. The number of para-hydroxylation sites is 2. The number of aryl methyl sites for hydroxylation is 1. The van der Waals surface area contributed by atoms with Gasteiger partial charge in [-0.05, 0) is 19.1 Å². The van der Waals surface area contributed by atoms with Crippen molar-refractivity contribution in [1.29, 1.82) is 0 Å². The fraction of sp³-hybridized carbons (Fsp3) is 0.167. The first-order chi connectivity index (χ1) is 8.78. The average molecular weight is 240 g/mol. The van der Waals surface area contributed by atoms with Crippen molar-refractivity contribution >= 4 is 11.0 Å². The van der Waals surface area contributed by atoms with Gasteiger partial charge < -0.3 is 5.73 Å². The number of benzene rings is 1. The van der Waals surface area contributed by atoms with Crippen molar-refractivity contribution in [3.05, 3.63) is 42.1 Å². The summed E-state index contributed by atoms with van der Waals surface area (Å²) in [4.78, 5) is 13.1. The van der Waals surface area contributed by atoms with Gasteiger partial charge in [0.2, 0.25) is 0 Å². The van der Waals surface area contributed by atoms with Crippen LogP contribution in [0, 0.1) is 6.92 Å². The van der Waals surface area contributed by atoms with Crippen LogP contribution in [-0.4, -0.2) is 24.7 Å². The molecule has 6 heteroatoms. The summed E-state index contributed by atoms with van der Waals surface area (Å²) in [7, 11) is 0. The van der Waals surface area contributed by atoms with Crippen molar-refractivity contribution in [1.82, 2.24) is 24.7 Å². The van der Waals surface area contributed by atoms with Crippen LogP contribution in [0.4, 0.5) is 0 Å². The normalized spacial score (nSPS) is 11.0.